The van der Waals surface area contributed by atoms with Crippen LogP contribution in [0.2, 0.25) is 10.0 Å². The van der Waals surface area contributed by atoms with Gasteiger partial charge in [0.25, 0.3) is 5.92 Å². The molecule has 3 aromatic rings. The average molecular weight is 393 g/mol. The smallest absolute Gasteiger partial charge is 0.270 e. The lowest BCUT2D eigenvalue weighted by Crippen LogP contribution is -2.21. The highest BCUT2D eigenvalue weighted by atomic mass is 35.5. The molecule has 1 unspecified atom stereocenters. The zero-order chi connectivity index (χ0) is 18.5. The minimum atomic E-state index is -2.85. The van der Waals surface area contributed by atoms with Crippen LogP contribution in [0, 0.1) is 0 Å². The molecule has 2 heterocycles. The van der Waals surface area contributed by atoms with Crippen LogP contribution in [-0.4, -0.2) is 4.57 Å². The first kappa shape index (κ1) is 17.5. The number of nitrogens with zero attached hydrogens (tertiary/aromatic N) is 1. The summed E-state index contributed by atoms with van der Waals surface area (Å²) in [5, 5.41) is 4.51. The summed E-state index contributed by atoms with van der Waals surface area (Å²) in [4.78, 5) is 0. The molecule has 0 saturated carbocycles. The van der Waals surface area contributed by atoms with Gasteiger partial charge in [-0.05, 0) is 29.8 Å². The molecule has 0 radical (unpaired) electrons. The minimum absolute atomic E-state index is 0.00312. The Morgan fingerprint density at radius 3 is 2.50 bits per heavy atom. The van der Waals surface area contributed by atoms with Crippen LogP contribution in [0.25, 0.3) is 5.69 Å². The molecule has 2 aromatic carbocycles. The van der Waals surface area contributed by atoms with Gasteiger partial charge in [0.2, 0.25) is 0 Å². The molecule has 1 atom stereocenters. The Morgan fingerprint density at radius 2 is 1.81 bits per heavy atom. The van der Waals surface area contributed by atoms with Crippen LogP contribution in [0.5, 0.6) is 0 Å². The molecule has 1 aromatic heterocycles. The van der Waals surface area contributed by atoms with Gasteiger partial charge in [-0.2, -0.15) is 0 Å². The van der Waals surface area contributed by atoms with Crippen LogP contribution in [0.4, 0.5) is 8.78 Å². The van der Waals surface area contributed by atoms with Crippen LogP contribution in [-0.2, 0) is 12.5 Å². The highest BCUT2D eigenvalue weighted by Gasteiger charge is 2.27. The Bertz CT molecular complexity index is 959. The molecular formula is C20H16Cl2F2N2. The van der Waals surface area contributed by atoms with Gasteiger partial charge in [0.1, 0.15) is 0 Å². The third kappa shape index (κ3) is 2.92. The van der Waals surface area contributed by atoms with Crippen molar-refractivity contribution in [2.75, 3.05) is 0 Å². The number of aromatic nitrogens is 1. The third-order valence-electron chi connectivity index (χ3n) is 4.74. The Labute approximate surface area is 160 Å². The van der Waals surface area contributed by atoms with Gasteiger partial charge in [-0.1, -0.05) is 47.5 Å². The molecule has 1 aliphatic rings. The number of hydrogen-bond donors (Lipinski definition) is 1. The highest BCUT2D eigenvalue weighted by molar-refractivity contribution is 6.42. The fourth-order valence-electron chi connectivity index (χ4n) is 3.39. The van der Waals surface area contributed by atoms with Crippen molar-refractivity contribution in [3.63, 3.8) is 0 Å². The fraction of sp³-hybridized carbons (Fsp3) is 0.200. The number of benzene rings is 2. The zero-order valence-electron chi connectivity index (χ0n) is 13.9. The quantitative estimate of drug-likeness (QED) is 0.558. The highest BCUT2D eigenvalue weighted by Crippen LogP contribution is 2.37. The molecular weight excluding hydrogens is 377 g/mol. The second kappa shape index (κ2) is 6.38. The lowest BCUT2D eigenvalue weighted by Gasteiger charge is -2.19. The summed E-state index contributed by atoms with van der Waals surface area (Å²) in [6.07, 6.45) is 1.97. The summed E-state index contributed by atoms with van der Waals surface area (Å²) in [6, 6.07) is 14.0. The largest absolute Gasteiger partial charge is 0.319 e. The summed E-state index contributed by atoms with van der Waals surface area (Å²) in [5.74, 6) is -2.85. The average Bonchev–Trinajstić information content (AvgIpc) is 3.02. The summed E-state index contributed by atoms with van der Waals surface area (Å²) in [6.45, 7) is 1.42. The number of fused-ring (bicyclic) bond motifs is 3. The van der Waals surface area contributed by atoms with Crippen LogP contribution >= 0.6 is 23.2 Å². The first-order chi connectivity index (χ1) is 12.4. The predicted octanol–water partition coefficient (Wildman–Crippen LogP) is 6.09. The van der Waals surface area contributed by atoms with Gasteiger partial charge >= 0.3 is 0 Å². The van der Waals surface area contributed by atoms with Gasteiger partial charge in [-0.15, -0.1) is 0 Å². The first-order valence-electron chi connectivity index (χ1n) is 8.22. The Balaban J connectivity index is 1.79. The maximum absolute atomic E-state index is 13.5. The molecule has 0 spiro atoms. The van der Waals surface area contributed by atoms with E-state index < -0.39 is 5.92 Å². The maximum atomic E-state index is 13.5. The third-order valence-corrected chi connectivity index (χ3v) is 5.58. The summed E-state index contributed by atoms with van der Waals surface area (Å²) in [7, 11) is 0. The Kier molecular flexibility index (Phi) is 4.30. The predicted molar refractivity (Wildman–Crippen MR) is 100 cm³/mol. The van der Waals surface area contributed by atoms with Gasteiger partial charge in [0, 0.05) is 36.5 Å². The SMILES string of the molecule is CC(F)(F)c1ccc(C2NCc3c(ccc(Cl)c3Cl)-n3cccc32)cc1. The molecule has 0 aliphatic carbocycles. The van der Waals surface area contributed by atoms with Gasteiger partial charge in [0.05, 0.1) is 21.8 Å². The monoisotopic (exact) mass is 392 g/mol. The van der Waals surface area contributed by atoms with Crippen molar-refractivity contribution >= 4 is 23.2 Å². The minimum Gasteiger partial charge on any atom is -0.319 e. The molecule has 134 valence electrons. The summed E-state index contributed by atoms with van der Waals surface area (Å²) in [5.41, 5.74) is 3.80. The van der Waals surface area contributed by atoms with E-state index in [1.165, 1.54) is 12.1 Å². The van der Waals surface area contributed by atoms with E-state index in [4.69, 9.17) is 23.2 Å². The van der Waals surface area contributed by atoms with E-state index >= 15 is 0 Å². The van der Waals surface area contributed by atoms with Crippen molar-refractivity contribution in [2.24, 2.45) is 0 Å². The lowest BCUT2D eigenvalue weighted by molar-refractivity contribution is 0.0174. The van der Waals surface area contributed by atoms with E-state index in [-0.39, 0.29) is 11.6 Å². The molecule has 6 heteroatoms. The van der Waals surface area contributed by atoms with E-state index in [0.29, 0.717) is 16.6 Å². The molecule has 4 rings (SSSR count). The van der Waals surface area contributed by atoms with Crippen molar-refractivity contribution in [1.29, 1.82) is 0 Å². The summed E-state index contributed by atoms with van der Waals surface area (Å²) < 4.78 is 29.1. The molecule has 2 nitrogen and oxygen atoms in total. The van der Waals surface area contributed by atoms with Crippen LogP contribution in [0.1, 0.15) is 35.3 Å². The standard InChI is InChI=1S/C20H16Cl2F2N2/c1-20(23,24)13-6-4-12(5-7-13)19-17-3-2-10-26(17)16-9-8-15(21)18(22)14(16)11-25-19/h2-10,19,25H,11H2,1H3. The first-order valence-corrected chi connectivity index (χ1v) is 8.98. The molecule has 26 heavy (non-hydrogen) atoms. The lowest BCUT2D eigenvalue weighted by atomic mass is 10.0. The molecule has 0 bridgehead atoms. The van der Waals surface area contributed by atoms with E-state index in [0.717, 1.165) is 29.4 Å². The normalized spacial score (nSPS) is 16.7. The zero-order valence-corrected chi connectivity index (χ0v) is 15.5. The van der Waals surface area contributed by atoms with Crippen molar-refractivity contribution in [3.05, 3.63) is 87.2 Å². The van der Waals surface area contributed by atoms with E-state index in [1.807, 2.05) is 24.4 Å². The van der Waals surface area contributed by atoms with Gasteiger partial charge in [-0.3, -0.25) is 0 Å². The van der Waals surface area contributed by atoms with Crippen LogP contribution in [0.15, 0.2) is 54.7 Å². The van der Waals surface area contributed by atoms with E-state index in [1.54, 1.807) is 18.2 Å². The molecule has 0 amide bonds. The topological polar surface area (TPSA) is 17.0 Å². The number of hydrogen-bond acceptors (Lipinski definition) is 1. The van der Waals surface area contributed by atoms with Crippen molar-refractivity contribution in [1.82, 2.24) is 9.88 Å². The molecule has 0 fully saturated rings. The fourth-order valence-corrected chi connectivity index (χ4v) is 3.79. The van der Waals surface area contributed by atoms with Crippen molar-refractivity contribution < 1.29 is 8.78 Å². The number of nitrogens with one attached hydrogen (secondary N) is 1. The molecule has 1 aliphatic heterocycles. The molecule has 0 saturated heterocycles. The van der Waals surface area contributed by atoms with E-state index in [2.05, 4.69) is 9.88 Å². The maximum Gasteiger partial charge on any atom is 0.270 e. The second-order valence-corrected chi connectivity index (χ2v) is 7.27. The Hall–Kier alpha value is -1.88. The van der Waals surface area contributed by atoms with Gasteiger partial charge in [-0.25, -0.2) is 8.78 Å². The summed E-state index contributed by atoms with van der Waals surface area (Å²) >= 11 is 12.6. The Morgan fingerprint density at radius 1 is 1.08 bits per heavy atom. The number of rotatable bonds is 2. The van der Waals surface area contributed by atoms with Gasteiger partial charge < -0.3 is 9.88 Å². The number of halogens is 4. The van der Waals surface area contributed by atoms with Crippen molar-refractivity contribution in [2.45, 2.75) is 25.4 Å². The second-order valence-electron chi connectivity index (χ2n) is 6.49. The molecule has 1 N–H and O–H groups in total. The van der Waals surface area contributed by atoms with Crippen molar-refractivity contribution in [3.8, 4) is 5.69 Å². The van der Waals surface area contributed by atoms with Crippen LogP contribution in [0.3, 0.4) is 0 Å². The van der Waals surface area contributed by atoms with E-state index in [9.17, 15) is 8.78 Å². The number of alkyl halides is 2. The van der Waals surface area contributed by atoms with Crippen LogP contribution < -0.4 is 5.32 Å². The van der Waals surface area contributed by atoms with Gasteiger partial charge in [0.15, 0.2) is 0 Å².